The minimum absolute atomic E-state index is 0.00456. The lowest BCUT2D eigenvalue weighted by Crippen LogP contribution is -2.38. The van der Waals surface area contributed by atoms with Crippen LogP contribution in [0.4, 0.5) is 10.5 Å². The fourth-order valence-electron chi connectivity index (χ4n) is 3.31. The van der Waals surface area contributed by atoms with Gasteiger partial charge in [-0.25, -0.2) is 14.5 Å². The van der Waals surface area contributed by atoms with Crippen LogP contribution in [-0.4, -0.2) is 42.4 Å². The highest BCUT2D eigenvalue weighted by Crippen LogP contribution is 2.25. The first-order valence-electron chi connectivity index (χ1n) is 10.3. The van der Waals surface area contributed by atoms with Crippen LogP contribution in [0.25, 0.3) is 17.4 Å². The van der Waals surface area contributed by atoms with Gasteiger partial charge in [-0.3, -0.25) is 9.59 Å². The molecule has 0 spiro atoms. The highest BCUT2D eigenvalue weighted by Gasteiger charge is 2.35. The molecule has 2 heterocycles. The summed E-state index contributed by atoms with van der Waals surface area (Å²) in [4.78, 5) is 49.6. The molecule has 1 saturated heterocycles. The lowest BCUT2D eigenvalue weighted by Gasteiger charge is -2.12. The third kappa shape index (κ3) is 4.88. The number of ether oxygens (including phenoxy) is 1. The number of methoxy groups -OCH3 is 1. The lowest BCUT2D eigenvalue weighted by atomic mass is 10.1. The van der Waals surface area contributed by atoms with E-state index in [1.165, 1.54) is 13.2 Å². The average molecular weight is 459 g/mol. The number of urea groups is 1. The van der Waals surface area contributed by atoms with Crippen LogP contribution in [0.15, 0.2) is 70.8 Å². The van der Waals surface area contributed by atoms with E-state index in [1.807, 2.05) is 19.1 Å². The number of rotatable bonds is 6. The van der Waals surface area contributed by atoms with E-state index in [0.29, 0.717) is 28.3 Å². The largest absolute Gasteiger partial charge is 0.465 e. The second-order valence-corrected chi connectivity index (χ2v) is 7.56. The molecule has 0 aliphatic carbocycles. The maximum absolute atomic E-state index is 12.7. The van der Waals surface area contributed by atoms with Gasteiger partial charge in [0.05, 0.1) is 12.7 Å². The molecule has 1 aliphatic heterocycles. The van der Waals surface area contributed by atoms with Crippen molar-refractivity contribution in [3.8, 4) is 11.3 Å². The van der Waals surface area contributed by atoms with Crippen LogP contribution in [-0.2, 0) is 14.3 Å². The number of nitrogens with zero attached hydrogens (tertiary/aromatic N) is 1. The van der Waals surface area contributed by atoms with Crippen LogP contribution in [0.5, 0.6) is 0 Å². The molecule has 9 nitrogen and oxygen atoms in total. The number of hydrogen-bond donors (Lipinski definition) is 2. The molecular weight excluding hydrogens is 438 g/mol. The van der Waals surface area contributed by atoms with Crippen molar-refractivity contribution in [2.45, 2.75) is 6.92 Å². The second kappa shape index (κ2) is 9.45. The first-order chi connectivity index (χ1) is 16.3. The van der Waals surface area contributed by atoms with Gasteiger partial charge >= 0.3 is 12.0 Å². The Balaban J connectivity index is 1.43. The summed E-state index contributed by atoms with van der Waals surface area (Å²) in [7, 11) is 1.31. The summed E-state index contributed by atoms with van der Waals surface area (Å²) in [6.07, 6.45) is 1.39. The maximum Gasteiger partial charge on any atom is 0.337 e. The third-order valence-electron chi connectivity index (χ3n) is 5.10. The topological polar surface area (TPSA) is 118 Å². The van der Waals surface area contributed by atoms with Gasteiger partial charge in [0.15, 0.2) is 0 Å². The summed E-state index contributed by atoms with van der Waals surface area (Å²) in [5.74, 6) is -0.728. The summed E-state index contributed by atoms with van der Waals surface area (Å²) in [6.45, 7) is 1.50. The van der Waals surface area contributed by atoms with Crippen molar-refractivity contribution < 1.29 is 28.3 Å². The standard InChI is InChI=1S/C25H21N3O6/c1-15-3-9-18(10-4-15)26-22(29)14-28-23(30)20(27-25(28)32)13-19-11-12-21(34-19)16-5-7-17(8-6-16)24(31)33-2/h3-13H,14H2,1-2H3,(H,26,29)(H,27,32)/b20-13+. The van der Waals surface area contributed by atoms with Crippen molar-refractivity contribution in [3.63, 3.8) is 0 Å². The molecule has 1 fully saturated rings. The summed E-state index contributed by atoms with van der Waals surface area (Å²) in [5.41, 5.74) is 2.73. The van der Waals surface area contributed by atoms with E-state index in [1.54, 1.807) is 48.5 Å². The molecule has 1 aromatic heterocycles. The molecule has 9 heteroatoms. The van der Waals surface area contributed by atoms with E-state index in [-0.39, 0.29) is 5.70 Å². The van der Waals surface area contributed by atoms with E-state index in [2.05, 4.69) is 15.4 Å². The van der Waals surface area contributed by atoms with E-state index in [0.717, 1.165) is 10.5 Å². The molecule has 172 valence electrons. The molecular formula is C25H21N3O6. The van der Waals surface area contributed by atoms with Crippen LogP contribution in [0.2, 0.25) is 0 Å². The normalized spacial score (nSPS) is 14.3. The van der Waals surface area contributed by atoms with Gasteiger partial charge in [0, 0.05) is 17.3 Å². The molecule has 1 aliphatic rings. The number of nitrogens with one attached hydrogen (secondary N) is 2. The molecule has 3 aromatic rings. The van der Waals surface area contributed by atoms with Gasteiger partial charge in [-0.2, -0.15) is 0 Å². The lowest BCUT2D eigenvalue weighted by molar-refractivity contribution is -0.127. The van der Waals surface area contributed by atoms with Crippen molar-refractivity contribution >= 4 is 35.6 Å². The first-order valence-corrected chi connectivity index (χ1v) is 10.3. The number of amides is 4. The number of furan rings is 1. The fraction of sp³-hybridized carbons (Fsp3) is 0.120. The highest BCUT2D eigenvalue weighted by atomic mass is 16.5. The van der Waals surface area contributed by atoms with Crippen LogP contribution >= 0.6 is 0 Å². The minimum Gasteiger partial charge on any atom is -0.465 e. The summed E-state index contributed by atoms with van der Waals surface area (Å²) in [5, 5.41) is 5.12. The molecule has 0 unspecified atom stereocenters. The molecule has 0 saturated carbocycles. The molecule has 2 N–H and O–H groups in total. The zero-order chi connectivity index (χ0) is 24.2. The quantitative estimate of drug-likeness (QED) is 0.331. The Morgan fingerprint density at radius 3 is 2.41 bits per heavy atom. The van der Waals surface area contributed by atoms with Crippen LogP contribution in [0.1, 0.15) is 21.7 Å². The number of esters is 1. The fourth-order valence-corrected chi connectivity index (χ4v) is 3.31. The predicted octanol–water partition coefficient (Wildman–Crippen LogP) is 3.57. The van der Waals surface area contributed by atoms with Crippen LogP contribution in [0.3, 0.4) is 0 Å². The Morgan fingerprint density at radius 2 is 1.74 bits per heavy atom. The molecule has 34 heavy (non-hydrogen) atoms. The van der Waals surface area contributed by atoms with Gasteiger partial charge in [0.2, 0.25) is 5.91 Å². The molecule has 4 amide bonds. The van der Waals surface area contributed by atoms with Crippen LogP contribution in [0, 0.1) is 6.92 Å². The third-order valence-corrected chi connectivity index (χ3v) is 5.10. The van der Waals surface area contributed by atoms with E-state index in [4.69, 9.17) is 4.42 Å². The Bertz CT molecular complexity index is 1290. The second-order valence-electron chi connectivity index (χ2n) is 7.56. The molecule has 4 rings (SSSR count). The molecule has 2 aromatic carbocycles. The predicted molar refractivity (Wildman–Crippen MR) is 124 cm³/mol. The number of carbonyl (C=O) groups excluding carboxylic acids is 4. The summed E-state index contributed by atoms with van der Waals surface area (Å²) >= 11 is 0. The van der Waals surface area contributed by atoms with Crippen molar-refractivity contribution in [3.05, 3.63) is 83.2 Å². The molecule has 0 atom stereocenters. The van der Waals surface area contributed by atoms with Crippen molar-refractivity contribution in [2.75, 3.05) is 19.0 Å². The average Bonchev–Trinajstić information content (AvgIpc) is 3.40. The van der Waals surface area contributed by atoms with Crippen LogP contribution < -0.4 is 10.6 Å². The van der Waals surface area contributed by atoms with Crippen molar-refractivity contribution in [2.24, 2.45) is 0 Å². The molecule has 0 bridgehead atoms. The number of aryl methyl sites for hydroxylation is 1. The van der Waals surface area contributed by atoms with Gasteiger partial charge in [0.1, 0.15) is 23.8 Å². The van der Waals surface area contributed by atoms with Gasteiger partial charge in [0.25, 0.3) is 5.91 Å². The Labute approximate surface area is 195 Å². The number of anilines is 1. The van der Waals surface area contributed by atoms with E-state index >= 15 is 0 Å². The Morgan fingerprint density at radius 1 is 1.03 bits per heavy atom. The van der Waals surface area contributed by atoms with Gasteiger partial charge < -0.3 is 19.8 Å². The first kappa shape index (κ1) is 22.5. The minimum atomic E-state index is -0.694. The number of imide groups is 1. The monoisotopic (exact) mass is 459 g/mol. The highest BCUT2D eigenvalue weighted by molar-refractivity contribution is 6.15. The SMILES string of the molecule is COC(=O)c1ccc(-c2ccc(/C=C3/NC(=O)N(CC(=O)Nc4ccc(C)cc4)C3=O)o2)cc1. The van der Waals surface area contributed by atoms with Gasteiger partial charge in [-0.15, -0.1) is 0 Å². The summed E-state index contributed by atoms with van der Waals surface area (Å²) < 4.78 is 10.4. The van der Waals surface area contributed by atoms with Crippen molar-refractivity contribution in [1.82, 2.24) is 10.2 Å². The maximum atomic E-state index is 12.7. The summed E-state index contributed by atoms with van der Waals surface area (Å²) in [6, 6.07) is 16.5. The van der Waals surface area contributed by atoms with E-state index in [9.17, 15) is 19.2 Å². The smallest absolute Gasteiger partial charge is 0.337 e. The number of carbonyl (C=O) groups is 4. The number of benzene rings is 2. The number of hydrogen-bond acceptors (Lipinski definition) is 6. The molecule has 0 radical (unpaired) electrons. The zero-order valence-electron chi connectivity index (χ0n) is 18.5. The van der Waals surface area contributed by atoms with Gasteiger partial charge in [-0.05, 0) is 43.3 Å². The Kier molecular flexibility index (Phi) is 6.26. The van der Waals surface area contributed by atoms with Gasteiger partial charge in [-0.1, -0.05) is 29.8 Å². The van der Waals surface area contributed by atoms with E-state index < -0.39 is 30.4 Å². The zero-order valence-corrected chi connectivity index (χ0v) is 18.5. The van der Waals surface area contributed by atoms with Crippen molar-refractivity contribution in [1.29, 1.82) is 0 Å². The Hall–Kier alpha value is -4.66.